The van der Waals surface area contributed by atoms with Crippen molar-refractivity contribution < 1.29 is 9.90 Å². The molecule has 174 valence electrons. The van der Waals surface area contributed by atoms with Crippen molar-refractivity contribution >= 4 is 16.9 Å². The Labute approximate surface area is 196 Å². The van der Waals surface area contributed by atoms with Crippen molar-refractivity contribution in [3.63, 3.8) is 0 Å². The molecule has 1 aliphatic heterocycles. The summed E-state index contributed by atoms with van der Waals surface area (Å²) in [6.07, 6.45) is 7.30. The van der Waals surface area contributed by atoms with E-state index in [1.165, 1.54) is 59.9 Å². The number of aromatic carboxylic acids is 1. The molecule has 1 atom stereocenters. The molecule has 5 nitrogen and oxygen atoms in total. The van der Waals surface area contributed by atoms with Crippen LogP contribution in [-0.2, 0) is 13.0 Å². The second kappa shape index (κ2) is 9.32. The molecule has 0 spiro atoms. The monoisotopic (exact) mass is 445 g/mol. The number of nitrogens with zero attached hydrogens (tertiary/aromatic N) is 2. The van der Waals surface area contributed by atoms with Crippen LogP contribution in [-0.4, -0.2) is 53.8 Å². The summed E-state index contributed by atoms with van der Waals surface area (Å²) in [5.74, 6) is -0.319. The Bertz CT molecular complexity index is 1160. The van der Waals surface area contributed by atoms with E-state index in [2.05, 4.69) is 59.2 Å². The number of fused-ring (bicyclic) bond motifs is 5. The van der Waals surface area contributed by atoms with E-state index in [9.17, 15) is 9.90 Å². The van der Waals surface area contributed by atoms with Crippen molar-refractivity contribution in [1.29, 1.82) is 0 Å². The maximum Gasteiger partial charge on any atom is 0.335 e. The van der Waals surface area contributed by atoms with Gasteiger partial charge in [0, 0.05) is 42.1 Å². The van der Waals surface area contributed by atoms with Crippen LogP contribution in [0.5, 0.6) is 0 Å². The van der Waals surface area contributed by atoms with Crippen LogP contribution in [0, 0.1) is 0 Å². The highest BCUT2D eigenvalue weighted by atomic mass is 16.4. The molecular weight excluding hydrogens is 410 g/mol. The molecule has 5 heteroatoms. The molecule has 1 saturated carbocycles. The molecular formula is C28H35N3O2. The van der Waals surface area contributed by atoms with Gasteiger partial charge in [0.05, 0.1) is 11.3 Å². The van der Waals surface area contributed by atoms with Gasteiger partial charge in [0.1, 0.15) is 0 Å². The van der Waals surface area contributed by atoms with Crippen LogP contribution in [0.15, 0.2) is 42.5 Å². The van der Waals surface area contributed by atoms with Gasteiger partial charge >= 0.3 is 5.97 Å². The summed E-state index contributed by atoms with van der Waals surface area (Å²) in [5.41, 5.74) is 6.92. The summed E-state index contributed by atoms with van der Waals surface area (Å²) in [4.78, 5) is 14.0. The van der Waals surface area contributed by atoms with Gasteiger partial charge in [0.25, 0.3) is 0 Å². The van der Waals surface area contributed by atoms with E-state index in [0.717, 1.165) is 31.6 Å². The number of carboxylic acid groups (broad SMARTS) is 1. The number of carbonyl (C=O) groups is 1. The highest BCUT2D eigenvalue weighted by Crippen LogP contribution is 2.46. The van der Waals surface area contributed by atoms with Crippen molar-refractivity contribution in [2.24, 2.45) is 0 Å². The lowest BCUT2D eigenvalue weighted by atomic mass is 9.81. The zero-order valence-corrected chi connectivity index (χ0v) is 19.8. The zero-order valence-electron chi connectivity index (χ0n) is 19.8. The summed E-state index contributed by atoms with van der Waals surface area (Å²) >= 11 is 0. The first kappa shape index (κ1) is 22.2. The van der Waals surface area contributed by atoms with Crippen LogP contribution < -0.4 is 5.32 Å². The van der Waals surface area contributed by atoms with Gasteiger partial charge in [0.15, 0.2) is 0 Å². The predicted octanol–water partition coefficient (Wildman–Crippen LogP) is 5.13. The van der Waals surface area contributed by atoms with Gasteiger partial charge in [-0.15, -0.1) is 0 Å². The Morgan fingerprint density at radius 1 is 1.12 bits per heavy atom. The topological polar surface area (TPSA) is 57.5 Å². The van der Waals surface area contributed by atoms with E-state index in [-0.39, 0.29) is 0 Å². The van der Waals surface area contributed by atoms with Crippen molar-refractivity contribution in [2.75, 3.05) is 27.2 Å². The standard InChI is InChI=1S/C28H35N3O2/c1-30(2)15-14-29-22-16-20-10-6-7-11-23(20)27-26(19-8-4-3-5-9-19)24-13-12-21(28(32)33)17-25(24)31(27)18-22/h6-7,10-13,17,19,22,29H,3-5,8-9,14-16,18H2,1-2H3,(H,32,33). The normalized spacial score (nSPS) is 18.8. The molecule has 2 aromatic carbocycles. The number of benzene rings is 2. The van der Waals surface area contributed by atoms with E-state index in [4.69, 9.17) is 0 Å². The van der Waals surface area contributed by atoms with E-state index < -0.39 is 5.97 Å². The Morgan fingerprint density at radius 3 is 2.67 bits per heavy atom. The lowest BCUT2D eigenvalue weighted by Crippen LogP contribution is -2.38. The SMILES string of the molecule is CN(C)CCNC1Cc2ccccc2-c2c(C3CCCCC3)c3ccc(C(=O)O)cc3n2C1. The van der Waals surface area contributed by atoms with E-state index in [1.54, 1.807) is 6.07 Å². The molecule has 3 aromatic rings. The summed E-state index contributed by atoms with van der Waals surface area (Å²) in [6, 6.07) is 14.9. The third kappa shape index (κ3) is 4.32. The van der Waals surface area contributed by atoms with Gasteiger partial charge in [0.2, 0.25) is 0 Å². The second-order valence-electron chi connectivity index (χ2n) is 10.1. The average Bonchev–Trinajstić information content (AvgIpc) is 3.03. The van der Waals surface area contributed by atoms with Gasteiger partial charge in [-0.1, -0.05) is 49.6 Å². The number of rotatable bonds is 6. The first-order valence-corrected chi connectivity index (χ1v) is 12.4. The molecule has 1 aliphatic carbocycles. The Hall–Kier alpha value is -2.63. The van der Waals surface area contributed by atoms with Gasteiger partial charge in [-0.2, -0.15) is 0 Å². The summed E-state index contributed by atoms with van der Waals surface area (Å²) in [5, 5.41) is 14.7. The maximum absolute atomic E-state index is 11.8. The largest absolute Gasteiger partial charge is 0.478 e. The van der Waals surface area contributed by atoms with Crippen molar-refractivity contribution in [2.45, 2.75) is 57.0 Å². The maximum atomic E-state index is 11.8. The predicted molar refractivity (Wildman–Crippen MR) is 134 cm³/mol. The highest BCUT2D eigenvalue weighted by Gasteiger charge is 2.30. The molecule has 1 unspecified atom stereocenters. The number of nitrogens with one attached hydrogen (secondary N) is 1. The first-order chi connectivity index (χ1) is 16.0. The first-order valence-electron chi connectivity index (χ1n) is 12.4. The van der Waals surface area contributed by atoms with Gasteiger partial charge in [-0.3, -0.25) is 0 Å². The van der Waals surface area contributed by atoms with Gasteiger partial charge < -0.3 is 19.9 Å². The molecule has 0 saturated heterocycles. The fourth-order valence-electron chi connectivity index (χ4n) is 5.90. The Morgan fingerprint density at radius 2 is 1.91 bits per heavy atom. The number of hydrogen-bond acceptors (Lipinski definition) is 3. The van der Waals surface area contributed by atoms with Crippen molar-refractivity contribution in [3.05, 3.63) is 59.2 Å². The van der Waals surface area contributed by atoms with Crippen LogP contribution in [0.1, 0.15) is 59.5 Å². The van der Waals surface area contributed by atoms with Crippen LogP contribution in [0.2, 0.25) is 0 Å². The second-order valence-corrected chi connectivity index (χ2v) is 10.1. The fraction of sp³-hybridized carbons (Fsp3) is 0.464. The van der Waals surface area contributed by atoms with Gasteiger partial charge in [-0.05, 0) is 62.5 Å². The molecule has 0 radical (unpaired) electrons. The minimum Gasteiger partial charge on any atom is -0.478 e. The molecule has 1 fully saturated rings. The van der Waals surface area contributed by atoms with E-state index in [1.807, 2.05) is 6.07 Å². The molecule has 33 heavy (non-hydrogen) atoms. The zero-order chi connectivity index (χ0) is 22.9. The van der Waals surface area contributed by atoms with E-state index >= 15 is 0 Å². The van der Waals surface area contributed by atoms with Crippen LogP contribution in [0.25, 0.3) is 22.2 Å². The summed E-state index contributed by atoms with van der Waals surface area (Å²) in [7, 11) is 4.21. The minimum absolute atomic E-state index is 0.302. The molecule has 2 aliphatic rings. The molecule has 0 amide bonds. The number of aromatic nitrogens is 1. The van der Waals surface area contributed by atoms with Gasteiger partial charge in [-0.25, -0.2) is 4.79 Å². The van der Waals surface area contributed by atoms with E-state index in [0.29, 0.717) is 17.5 Å². The van der Waals surface area contributed by atoms with Crippen LogP contribution in [0.3, 0.4) is 0 Å². The fourth-order valence-corrected chi connectivity index (χ4v) is 5.90. The summed E-state index contributed by atoms with van der Waals surface area (Å²) < 4.78 is 2.44. The number of carboxylic acids is 1. The van der Waals surface area contributed by atoms with Crippen molar-refractivity contribution in [1.82, 2.24) is 14.8 Å². The molecule has 1 aromatic heterocycles. The quantitative estimate of drug-likeness (QED) is 0.552. The third-order valence-corrected chi connectivity index (χ3v) is 7.50. The Kier molecular flexibility index (Phi) is 6.26. The molecule has 2 heterocycles. The smallest absolute Gasteiger partial charge is 0.335 e. The Balaban J connectivity index is 1.70. The summed E-state index contributed by atoms with van der Waals surface area (Å²) in [6.45, 7) is 2.78. The number of hydrogen-bond donors (Lipinski definition) is 2. The lowest BCUT2D eigenvalue weighted by Gasteiger charge is -2.24. The van der Waals surface area contributed by atoms with Crippen molar-refractivity contribution in [3.8, 4) is 11.3 Å². The third-order valence-electron chi connectivity index (χ3n) is 7.50. The lowest BCUT2D eigenvalue weighted by molar-refractivity contribution is 0.0697. The molecule has 0 bridgehead atoms. The highest BCUT2D eigenvalue weighted by molar-refractivity contribution is 5.98. The minimum atomic E-state index is -0.860. The van der Waals surface area contributed by atoms with Crippen LogP contribution in [0.4, 0.5) is 0 Å². The average molecular weight is 446 g/mol. The number of likely N-dealkylation sites (N-methyl/N-ethyl adjacent to an activating group) is 1. The van der Waals surface area contributed by atoms with Crippen LogP contribution >= 0.6 is 0 Å². The molecule has 5 rings (SSSR count). The molecule has 2 N–H and O–H groups in total.